The number of aryl methyl sites for hydroxylation is 1. The molecule has 0 bridgehead atoms. The summed E-state index contributed by atoms with van der Waals surface area (Å²) in [5, 5.41) is 5.64. The standard InChI is InChI=1S/C16H22N4O2S2/c1-3-19-8-7-17-16(19)24-12-15(22)20(4-2)11-14(21)18-10-13-6-5-9-23-13/h5-9H,3-4,10-12H2,1-2H3,(H,18,21). The Morgan fingerprint density at radius 3 is 2.92 bits per heavy atom. The van der Waals surface area contributed by atoms with Gasteiger partial charge in [-0.25, -0.2) is 4.98 Å². The Hall–Kier alpha value is -1.80. The van der Waals surface area contributed by atoms with E-state index in [1.165, 1.54) is 11.8 Å². The molecule has 2 aromatic heterocycles. The van der Waals surface area contributed by atoms with E-state index in [1.54, 1.807) is 22.4 Å². The number of hydrogen-bond donors (Lipinski definition) is 1. The lowest BCUT2D eigenvalue weighted by atomic mass is 10.4. The first-order valence-electron chi connectivity index (χ1n) is 7.84. The van der Waals surface area contributed by atoms with Crippen molar-refractivity contribution in [3.05, 3.63) is 34.8 Å². The number of amides is 2. The van der Waals surface area contributed by atoms with Crippen LogP contribution >= 0.6 is 23.1 Å². The molecule has 0 aliphatic rings. The van der Waals surface area contributed by atoms with Crippen molar-refractivity contribution in [1.82, 2.24) is 19.8 Å². The minimum absolute atomic E-state index is 0.0561. The fraction of sp³-hybridized carbons (Fsp3) is 0.438. The van der Waals surface area contributed by atoms with Gasteiger partial charge in [-0.05, 0) is 25.3 Å². The topological polar surface area (TPSA) is 67.2 Å². The lowest BCUT2D eigenvalue weighted by Crippen LogP contribution is -2.41. The van der Waals surface area contributed by atoms with Crippen LogP contribution in [0, 0.1) is 0 Å². The highest BCUT2D eigenvalue weighted by molar-refractivity contribution is 7.99. The van der Waals surface area contributed by atoms with Crippen LogP contribution in [0.25, 0.3) is 0 Å². The molecule has 0 saturated heterocycles. The predicted molar refractivity (Wildman–Crippen MR) is 97.0 cm³/mol. The van der Waals surface area contributed by atoms with Gasteiger partial charge in [0.1, 0.15) is 0 Å². The second-order valence-electron chi connectivity index (χ2n) is 5.05. The van der Waals surface area contributed by atoms with Crippen molar-refractivity contribution in [2.45, 2.75) is 32.1 Å². The number of aromatic nitrogens is 2. The number of hydrogen-bond acceptors (Lipinski definition) is 5. The van der Waals surface area contributed by atoms with Gasteiger partial charge in [0.2, 0.25) is 11.8 Å². The number of carbonyl (C=O) groups excluding carboxylic acids is 2. The molecule has 0 spiro atoms. The highest BCUT2D eigenvalue weighted by Crippen LogP contribution is 2.16. The molecule has 0 radical (unpaired) electrons. The van der Waals surface area contributed by atoms with Crippen molar-refractivity contribution < 1.29 is 9.59 Å². The van der Waals surface area contributed by atoms with Gasteiger partial charge in [-0.2, -0.15) is 0 Å². The fourth-order valence-electron chi connectivity index (χ4n) is 2.10. The van der Waals surface area contributed by atoms with Crippen molar-refractivity contribution in [3.8, 4) is 0 Å². The van der Waals surface area contributed by atoms with Crippen LogP contribution < -0.4 is 5.32 Å². The summed E-state index contributed by atoms with van der Waals surface area (Å²) in [6, 6.07) is 3.92. The monoisotopic (exact) mass is 366 g/mol. The van der Waals surface area contributed by atoms with Gasteiger partial charge < -0.3 is 14.8 Å². The van der Waals surface area contributed by atoms with Crippen LogP contribution in [0.15, 0.2) is 35.1 Å². The number of rotatable bonds is 9. The highest BCUT2D eigenvalue weighted by atomic mass is 32.2. The van der Waals surface area contributed by atoms with E-state index < -0.39 is 0 Å². The molecule has 0 fully saturated rings. The maximum atomic E-state index is 12.3. The molecule has 2 aromatic rings. The smallest absolute Gasteiger partial charge is 0.239 e. The van der Waals surface area contributed by atoms with E-state index in [-0.39, 0.29) is 24.1 Å². The molecule has 0 atom stereocenters. The molecule has 8 heteroatoms. The Morgan fingerprint density at radius 1 is 1.42 bits per heavy atom. The van der Waals surface area contributed by atoms with E-state index in [0.717, 1.165) is 16.6 Å². The molecule has 2 heterocycles. The third-order valence-corrected chi connectivity index (χ3v) is 5.32. The number of nitrogens with one attached hydrogen (secondary N) is 1. The van der Waals surface area contributed by atoms with E-state index in [2.05, 4.69) is 10.3 Å². The minimum atomic E-state index is -0.140. The van der Waals surface area contributed by atoms with Crippen LogP contribution in [-0.4, -0.2) is 45.1 Å². The molecule has 2 rings (SSSR count). The van der Waals surface area contributed by atoms with E-state index in [1.807, 2.05) is 42.1 Å². The summed E-state index contributed by atoms with van der Waals surface area (Å²) >= 11 is 3.00. The second-order valence-corrected chi connectivity index (χ2v) is 7.02. The minimum Gasteiger partial charge on any atom is -0.350 e. The van der Waals surface area contributed by atoms with Crippen molar-refractivity contribution in [1.29, 1.82) is 0 Å². The Labute approximate surface area is 150 Å². The average Bonchev–Trinajstić information content (AvgIpc) is 3.26. The van der Waals surface area contributed by atoms with Crippen LogP contribution in [0.3, 0.4) is 0 Å². The number of likely N-dealkylation sites (N-methyl/N-ethyl adjacent to an activating group) is 1. The molecule has 24 heavy (non-hydrogen) atoms. The molecule has 0 unspecified atom stereocenters. The summed E-state index contributed by atoms with van der Waals surface area (Å²) in [6.45, 7) is 5.83. The number of thiophene rings is 1. The largest absolute Gasteiger partial charge is 0.350 e. The van der Waals surface area contributed by atoms with E-state index >= 15 is 0 Å². The maximum Gasteiger partial charge on any atom is 0.239 e. The molecule has 1 N–H and O–H groups in total. The highest BCUT2D eigenvalue weighted by Gasteiger charge is 2.16. The molecule has 130 valence electrons. The number of thioether (sulfide) groups is 1. The molecule has 6 nitrogen and oxygen atoms in total. The number of nitrogens with zero attached hydrogens (tertiary/aromatic N) is 3. The lowest BCUT2D eigenvalue weighted by Gasteiger charge is -2.20. The number of carbonyl (C=O) groups is 2. The van der Waals surface area contributed by atoms with Crippen LogP contribution in [0.5, 0.6) is 0 Å². The third-order valence-electron chi connectivity index (χ3n) is 3.45. The van der Waals surface area contributed by atoms with Crippen LogP contribution in [0.2, 0.25) is 0 Å². The van der Waals surface area contributed by atoms with Crippen molar-refractivity contribution in [2.75, 3.05) is 18.8 Å². The van der Waals surface area contributed by atoms with Crippen molar-refractivity contribution in [2.24, 2.45) is 0 Å². The fourth-order valence-corrected chi connectivity index (χ4v) is 3.67. The zero-order valence-electron chi connectivity index (χ0n) is 13.9. The molecule has 0 saturated carbocycles. The summed E-state index contributed by atoms with van der Waals surface area (Å²) in [6.07, 6.45) is 3.62. The maximum absolute atomic E-state index is 12.3. The number of imidazole rings is 1. The Kier molecular flexibility index (Phi) is 7.33. The van der Waals surface area contributed by atoms with Gasteiger partial charge >= 0.3 is 0 Å². The molecule has 0 aliphatic heterocycles. The van der Waals surface area contributed by atoms with Gasteiger partial charge in [-0.3, -0.25) is 9.59 Å². The third kappa shape index (κ3) is 5.38. The first-order chi connectivity index (χ1) is 11.6. The zero-order valence-corrected chi connectivity index (χ0v) is 15.5. The van der Waals surface area contributed by atoms with Crippen LogP contribution in [-0.2, 0) is 22.7 Å². The van der Waals surface area contributed by atoms with Crippen LogP contribution in [0.4, 0.5) is 0 Å². The SMILES string of the molecule is CCN(CC(=O)NCc1cccs1)C(=O)CSc1nccn1CC. The second kappa shape index (κ2) is 9.48. The first kappa shape index (κ1) is 18.5. The summed E-state index contributed by atoms with van der Waals surface area (Å²) in [5.41, 5.74) is 0. The zero-order chi connectivity index (χ0) is 17.4. The van der Waals surface area contributed by atoms with Gasteiger partial charge in [-0.1, -0.05) is 17.8 Å². The summed E-state index contributed by atoms with van der Waals surface area (Å²) in [4.78, 5) is 31.3. The van der Waals surface area contributed by atoms with E-state index in [0.29, 0.717) is 13.1 Å². The van der Waals surface area contributed by atoms with Crippen molar-refractivity contribution >= 4 is 34.9 Å². The molecule has 2 amide bonds. The Morgan fingerprint density at radius 2 is 2.25 bits per heavy atom. The lowest BCUT2D eigenvalue weighted by molar-refractivity contribution is -0.133. The van der Waals surface area contributed by atoms with E-state index in [9.17, 15) is 9.59 Å². The Bertz CT molecular complexity index is 655. The Balaban J connectivity index is 1.79. The first-order valence-corrected chi connectivity index (χ1v) is 9.71. The molecular formula is C16H22N4O2S2. The normalized spacial score (nSPS) is 10.6. The van der Waals surface area contributed by atoms with E-state index in [4.69, 9.17) is 0 Å². The molecular weight excluding hydrogens is 344 g/mol. The molecule has 0 aromatic carbocycles. The van der Waals surface area contributed by atoms with Gasteiger partial charge in [-0.15, -0.1) is 11.3 Å². The van der Waals surface area contributed by atoms with Gasteiger partial charge in [0.15, 0.2) is 5.16 Å². The summed E-state index contributed by atoms with van der Waals surface area (Å²) in [7, 11) is 0. The average molecular weight is 367 g/mol. The predicted octanol–water partition coefficient (Wildman–Crippen LogP) is 2.22. The molecule has 0 aliphatic carbocycles. The quantitative estimate of drug-likeness (QED) is 0.691. The summed E-state index contributed by atoms with van der Waals surface area (Å²) in [5.74, 6) is 0.0846. The van der Waals surface area contributed by atoms with Crippen LogP contribution in [0.1, 0.15) is 18.7 Å². The van der Waals surface area contributed by atoms with Crippen molar-refractivity contribution in [3.63, 3.8) is 0 Å². The van der Waals surface area contributed by atoms with Gasteiger partial charge in [0.05, 0.1) is 18.8 Å². The summed E-state index contributed by atoms with van der Waals surface area (Å²) < 4.78 is 1.99. The van der Waals surface area contributed by atoms with Gasteiger partial charge in [0.25, 0.3) is 0 Å². The van der Waals surface area contributed by atoms with Gasteiger partial charge in [0, 0.05) is 30.4 Å².